The Bertz CT molecular complexity index is 275. The van der Waals surface area contributed by atoms with Crippen molar-refractivity contribution in [2.75, 3.05) is 13.1 Å². The van der Waals surface area contributed by atoms with E-state index < -0.39 is 10.0 Å². The molecule has 0 aliphatic carbocycles. The van der Waals surface area contributed by atoms with Gasteiger partial charge in [-0.3, -0.25) is 0 Å². The van der Waals surface area contributed by atoms with E-state index >= 15 is 0 Å². The van der Waals surface area contributed by atoms with E-state index in [1.807, 2.05) is 0 Å². The van der Waals surface area contributed by atoms with Crippen molar-refractivity contribution in [1.82, 2.24) is 4.31 Å². The first-order valence-corrected chi connectivity index (χ1v) is 7.06. The van der Waals surface area contributed by atoms with Gasteiger partial charge in [-0.05, 0) is 19.8 Å². The molecule has 15 heavy (non-hydrogen) atoms. The molecule has 0 aromatic carbocycles. The molecule has 0 bridgehead atoms. The molecule has 0 aromatic heterocycles. The van der Waals surface area contributed by atoms with E-state index in [4.69, 9.17) is 0 Å². The summed E-state index contributed by atoms with van der Waals surface area (Å²) >= 11 is 0. The van der Waals surface area contributed by atoms with Crippen LogP contribution in [-0.2, 0) is 10.0 Å². The molecule has 0 spiro atoms. The lowest BCUT2D eigenvalue weighted by Gasteiger charge is -2.21. The summed E-state index contributed by atoms with van der Waals surface area (Å²) in [4.78, 5) is 0.245. The van der Waals surface area contributed by atoms with Crippen molar-refractivity contribution in [2.24, 2.45) is 0 Å². The number of allylic oxidation sites excluding steroid dienone is 1. The molecule has 3 nitrogen and oxygen atoms in total. The maximum atomic E-state index is 11.9. The minimum Gasteiger partial charge on any atom is -0.207 e. The highest BCUT2D eigenvalue weighted by Gasteiger charge is 2.21. The third-order valence-corrected chi connectivity index (χ3v) is 4.23. The Hall–Kier alpha value is -0.350. The van der Waals surface area contributed by atoms with E-state index in [9.17, 15) is 8.42 Å². The van der Waals surface area contributed by atoms with E-state index in [1.165, 1.54) is 0 Å². The van der Waals surface area contributed by atoms with Gasteiger partial charge in [-0.1, -0.05) is 33.3 Å². The van der Waals surface area contributed by atoms with Gasteiger partial charge in [0, 0.05) is 18.0 Å². The maximum absolute atomic E-state index is 11.9. The summed E-state index contributed by atoms with van der Waals surface area (Å²) in [5.74, 6) is 0. The molecular formula is C11H23NO2S. The molecule has 90 valence electrons. The minimum absolute atomic E-state index is 0.245. The molecule has 0 radical (unpaired) electrons. The fourth-order valence-corrected chi connectivity index (χ4v) is 2.42. The van der Waals surface area contributed by atoms with E-state index in [2.05, 4.69) is 20.4 Å². The Morgan fingerprint density at radius 2 is 1.53 bits per heavy atom. The fourth-order valence-electron chi connectivity index (χ4n) is 1.24. The third kappa shape index (κ3) is 4.80. The summed E-state index contributed by atoms with van der Waals surface area (Å²) in [6, 6.07) is 0. The second-order valence-electron chi connectivity index (χ2n) is 3.81. The average molecular weight is 233 g/mol. The monoisotopic (exact) mass is 233 g/mol. The Morgan fingerprint density at radius 3 is 1.80 bits per heavy atom. The van der Waals surface area contributed by atoms with Crippen LogP contribution < -0.4 is 0 Å². The lowest BCUT2D eigenvalue weighted by atomic mass is 10.3. The Kier molecular flexibility index (Phi) is 6.85. The smallest absolute Gasteiger partial charge is 0.207 e. The average Bonchev–Trinajstić information content (AvgIpc) is 2.17. The highest BCUT2D eigenvalue weighted by molar-refractivity contribution is 7.92. The van der Waals surface area contributed by atoms with Crippen molar-refractivity contribution in [3.63, 3.8) is 0 Å². The SMILES string of the molecule is C=C(C)S(=O)(=O)N(CCCC)CCCC. The van der Waals surface area contributed by atoms with Gasteiger partial charge >= 0.3 is 0 Å². The fraction of sp³-hybridized carbons (Fsp3) is 0.818. The lowest BCUT2D eigenvalue weighted by Crippen LogP contribution is -2.33. The first-order chi connectivity index (χ1) is 6.96. The van der Waals surface area contributed by atoms with Crippen LogP contribution in [0.3, 0.4) is 0 Å². The molecule has 4 heteroatoms. The zero-order chi connectivity index (χ0) is 11.9. The highest BCUT2D eigenvalue weighted by Crippen LogP contribution is 2.12. The Balaban J connectivity index is 4.54. The minimum atomic E-state index is -3.24. The normalized spacial score (nSPS) is 12.0. The van der Waals surface area contributed by atoms with Crippen molar-refractivity contribution < 1.29 is 8.42 Å². The predicted octanol–water partition coefficient (Wildman–Crippen LogP) is 2.75. The first-order valence-electron chi connectivity index (χ1n) is 5.62. The van der Waals surface area contributed by atoms with Crippen LogP contribution in [0.5, 0.6) is 0 Å². The molecule has 0 fully saturated rings. The van der Waals surface area contributed by atoms with Crippen molar-refractivity contribution >= 4 is 10.0 Å². The van der Waals surface area contributed by atoms with Gasteiger partial charge in [-0.25, -0.2) is 8.42 Å². The summed E-state index contributed by atoms with van der Waals surface area (Å²) < 4.78 is 25.3. The van der Waals surface area contributed by atoms with Crippen molar-refractivity contribution in [1.29, 1.82) is 0 Å². The second kappa shape index (κ2) is 7.01. The summed E-state index contributed by atoms with van der Waals surface area (Å²) in [6.45, 7) is 10.4. The number of rotatable bonds is 8. The van der Waals surface area contributed by atoms with E-state index in [0.717, 1.165) is 25.7 Å². The molecule has 0 saturated heterocycles. The molecular weight excluding hydrogens is 210 g/mol. The van der Waals surface area contributed by atoms with Gasteiger partial charge in [0.1, 0.15) is 0 Å². The van der Waals surface area contributed by atoms with Crippen LogP contribution in [0.2, 0.25) is 0 Å². The molecule has 0 aliphatic rings. The first kappa shape index (κ1) is 14.6. The molecule has 0 amide bonds. The molecule has 0 heterocycles. The van der Waals surface area contributed by atoms with Gasteiger partial charge in [0.05, 0.1) is 0 Å². The summed E-state index contributed by atoms with van der Waals surface area (Å²) in [6.07, 6.45) is 3.84. The van der Waals surface area contributed by atoms with Crippen LogP contribution in [0.1, 0.15) is 46.5 Å². The topological polar surface area (TPSA) is 37.4 Å². The van der Waals surface area contributed by atoms with Crippen LogP contribution in [0.4, 0.5) is 0 Å². The summed E-state index contributed by atoms with van der Waals surface area (Å²) in [5.41, 5.74) is 0. The van der Waals surface area contributed by atoms with Crippen LogP contribution in [0.25, 0.3) is 0 Å². The molecule has 0 rings (SSSR count). The van der Waals surface area contributed by atoms with E-state index in [0.29, 0.717) is 13.1 Å². The summed E-state index contributed by atoms with van der Waals surface area (Å²) in [5, 5.41) is 0. The van der Waals surface area contributed by atoms with Gasteiger partial charge in [0.2, 0.25) is 10.0 Å². The number of hydrogen-bond donors (Lipinski definition) is 0. The number of nitrogens with zero attached hydrogens (tertiary/aromatic N) is 1. The van der Waals surface area contributed by atoms with Crippen LogP contribution in [0.15, 0.2) is 11.5 Å². The number of hydrogen-bond acceptors (Lipinski definition) is 2. The lowest BCUT2D eigenvalue weighted by molar-refractivity contribution is 0.399. The van der Waals surface area contributed by atoms with Gasteiger partial charge in [-0.15, -0.1) is 0 Å². The number of unbranched alkanes of at least 4 members (excludes halogenated alkanes) is 2. The maximum Gasteiger partial charge on any atom is 0.238 e. The largest absolute Gasteiger partial charge is 0.238 e. The molecule has 0 atom stereocenters. The van der Waals surface area contributed by atoms with Crippen LogP contribution in [-0.4, -0.2) is 25.8 Å². The van der Waals surface area contributed by atoms with E-state index in [1.54, 1.807) is 11.2 Å². The van der Waals surface area contributed by atoms with Gasteiger partial charge in [-0.2, -0.15) is 4.31 Å². The van der Waals surface area contributed by atoms with E-state index in [-0.39, 0.29) is 4.91 Å². The van der Waals surface area contributed by atoms with Gasteiger partial charge in [0.25, 0.3) is 0 Å². The van der Waals surface area contributed by atoms with Crippen LogP contribution in [0, 0.1) is 0 Å². The molecule has 0 aliphatic heterocycles. The van der Waals surface area contributed by atoms with Crippen molar-refractivity contribution in [3.8, 4) is 0 Å². The van der Waals surface area contributed by atoms with Gasteiger partial charge in [0.15, 0.2) is 0 Å². The molecule has 0 unspecified atom stereocenters. The molecule has 0 saturated carbocycles. The van der Waals surface area contributed by atoms with Crippen molar-refractivity contribution in [2.45, 2.75) is 46.5 Å². The Morgan fingerprint density at radius 1 is 1.13 bits per heavy atom. The highest BCUT2D eigenvalue weighted by atomic mass is 32.2. The predicted molar refractivity (Wildman–Crippen MR) is 65.1 cm³/mol. The van der Waals surface area contributed by atoms with Crippen LogP contribution >= 0.6 is 0 Å². The standard InChI is InChI=1S/C11H23NO2S/c1-5-7-9-12(10-8-6-2)15(13,14)11(3)4/h3,5-10H2,1-2,4H3. The zero-order valence-corrected chi connectivity index (χ0v) is 10.9. The Labute approximate surface area is 94.2 Å². The summed E-state index contributed by atoms with van der Waals surface area (Å²) in [7, 11) is -3.24. The molecule has 0 aromatic rings. The second-order valence-corrected chi connectivity index (χ2v) is 5.98. The molecule has 0 N–H and O–H groups in total. The van der Waals surface area contributed by atoms with Gasteiger partial charge < -0.3 is 0 Å². The third-order valence-electron chi connectivity index (χ3n) is 2.30. The zero-order valence-electron chi connectivity index (χ0n) is 10.1. The van der Waals surface area contributed by atoms with Crippen molar-refractivity contribution in [3.05, 3.63) is 11.5 Å². The quantitative estimate of drug-likeness (QED) is 0.646. The number of sulfonamides is 1.